The average Bonchev–Trinajstić information content (AvgIpc) is 3.11. The van der Waals surface area contributed by atoms with E-state index < -0.39 is 18.1 Å². The minimum atomic E-state index is -1.14. The summed E-state index contributed by atoms with van der Waals surface area (Å²) in [6, 6.07) is 22.1. The molecule has 0 saturated heterocycles. The number of hydrogen-bond acceptors (Lipinski definition) is 4. The molecule has 0 unspecified atom stereocenters. The van der Waals surface area contributed by atoms with E-state index in [0.29, 0.717) is 11.3 Å². The van der Waals surface area contributed by atoms with Gasteiger partial charge < -0.3 is 19.9 Å². The SMILES string of the molecule is COc1ccccc1C[C@@H](NC(=O)OCC1c2ccccc2-c2ccccc21)C(=O)O. The van der Waals surface area contributed by atoms with Crippen LogP contribution in [-0.2, 0) is 16.0 Å². The number of nitrogens with one attached hydrogen (secondary N) is 1. The van der Waals surface area contributed by atoms with Gasteiger partial charge in [0.05, 0.1) is 7.11 Å². The standard InChI is InChI=1S/C25H23NO5/c1-30-23-13-7-2-8-16(23)14-22(24(27)28)26-25(29)31-15-21-19-11-5-3-9-17(19)18-10-4-6-12-20(18)21/h2-13,21-22H,14-15H2,1H3,(H,26,29)(H,27,28)/t22-/m1/s1. The van der Waals surface area contributed by atoms with Crippen molar-refractivity contribution in [1.29, 1.82) is 0 Å². The molecule has 1 aliphatic carbocycles. The molecule has 6 heteroatoms. The molecule has 3 aromatic rings. The molecule has 0 radical (unpaired) electrons. The van der Waals surface area contributed by atoms with Crippen molar-refractivity contribution in [2.45, 2.75) is 18.4 Å². The monoisotopic (exact) mass is 417 g/mol. The van der Waals surface area contributed by atoms with Gasteiger partial charge in [0.15, 0.2) is 0 Å². The van der Waals surface area contributed by atoms with Crippen molar-refractivity contribution in [2.24, 2.45) is 0 Å². The summed E-state index contributed by atoms with van der Waals surface area (Å²) >= 11 is 0. The van der Waals surface area contributed by atoms with Gasteiger partial charge in [0, 0.05) is 12.3 Å². The number of carboxylic acid groups (broad SMARTS) is 1. The number of rotatable bonds is 7. The van der Waals surface area contributed by atoms with E-state index in [1.54, 1.807) is 24.3 Å². The first-order valence-corrected chi connectivity index (χ1v) is 10.0. The van der Waals surface area contributed by atoms with Crippen LogP contribution in [-0.4, -0.2) is 36.9 Å². The maximum atomic E-state index is 12.5. The fourth-order valence-corrected chi connectivity index (χ4v) is 4.07. The van der Waals surface area contributed by atoms with Crippen molar-refractivity contribution in [3.05, 3.63) is 89.5 Å². The molecule has 3 aromatic carbocycles. The second-order valence-electron chi connectivity index (χ2n) is 7.38. The third-order valence-electron chi connectivity index (χ3n) is 5.55. The van der Waals surface area contributed by atoms with Gasteiger partial charge in [-0.25, -0.2) is 9.59 Å². The number of carbonyl (C=O) groups is 2. The number of fused-ring (bicyclic) bond motifs is 3. The highest BCUT2D eigenvalue weighted by Gasteiger charge is 2.30. The first-order valence-electron chi connectivity index (χ1n) is 10.0. The summed E-state index contributed by atoms with van der Waals surface area (Å²) in [5, 5.41) is 12.0. The van der Waals surface area contributed by atoms with Crippen LogP contribution in [0.2, 0.25) is 0 Å². The Labute approximate surface area is 180 Å². The Morgan fingerprint density at radius 2 is 1.52 bits per heavy atom. The first kappa shape index (κ1) is 20.5. The highest BCUT2D eigenvalue weighted by Crippen LogP contribution is 2.44. The molecule has 0 saturated carbocycles. The normalized spacial score (nSPS) is 13.1. The Morgan fingerprint density at radius 3 is 2.13 bits per heavy atom. The number of benzene rings is 3. The molecule has 0 bridgehead atoms. The van der Waals surface area contributed by atoms with E-state index in [0.717, 1.165) is 22.3 Å². The number of carboxylic acids is 1. The minimum Gasteiger partial charge on any atom is -0.496 e. The molecule has 0 aliphatic heterocycles. The van der Waals surface area contributed by atoms with Gasteiger partial charge in [-0.15, -0.1) is 0 Å². The van der Waals surface area contributed by atoms with Crippen LogP contribution in [0, 0.1) is 0 Å². The quantitative estimate of drug-likeness (QED) is 0.601. The van der Waals surface area contributed by atoms with E-state index in [1.807, 2.05) is 36.4 Å². The lowest BCUT2D eigenvalue weighted by Gasteiger charge is -2.18. The average molecular weight is 417 g/mol. The van der Waals surface area contributed by atoms with Crippen LogP contribution in [0.15, 0.2) is 72.8 Å². The Bertz CT molecular complexity index is 1060. The molecular weight excluding hydrogens is 394 g/mol. The Kier molecular flexibility index (Phi) is 5.89. The molecule has 2 N–H and O–H groups in total. The molecule has 0 spiro atoms. The maximum Gasteiger partial charge on any atom is 0.407 e. The number of amides is 1. The summed E-state index contributed by atoms with van der Waals surface area (Å²) in [5.74, 6) is -0.654. The Balaban J connectivity index is 1.44. The van der Waals surface area contributed by atoms with Crippen LogP contribution < -0.4 is 10.1 Å². The number of methoxy groups -OCH3 is 1. The molecule has 1 atom stereocenters. The number of para-hydroxylation sites is 1. The lowest BCUT2D eigenvalue weighted by Crippen LogP contribution is -2.43. The van der Waals surface area contributed by atoms with Crippen molar-refractivity contribution in [2.75, 3.05) is 13.7 Å². The first-order chi connectivity index (χ1) is 15.1. The van der Waals surface area contributed by atoms with E-state index in [2.05, 4.69) is 17.4 Å². The lowest BCUT2D eigenvalue weighted by molar-refractivity contribution is -0.139. The van der Waals surface area contributed by atoms with Gasteiger partial charge in [0.1, 0.15) is 18.4 Å². The topological polar surface area (TPSA) is 84.9 Å². The van der Waals surface area contributed by atoms with Gasteiger partial charge in [-0.1, -0.05) is 66.7 Å². The fourth-order valence-electron chi connectivity index (χ4n) is 4.07. The van der Waals surface area contributed by atoms with Gasteiger partial charge in [0.25, 0.3) is 0 Å². The fraction of sp³-hybridized carbons (Fsp3) is 0.200. The Hall–Kier alpha value is -3.80. The molecule has 1 aliphatic rings. The summed E-state index contributed by atoms with van der Waals surface area (Å²) in [4.78, 5) is 24.2. The molecule has 158 valence electrons. The van der Waals surface area contributed by atoms with Crippen LogP contribution in [0.3, 0.4) is 0 Å². The number of aliphatic carboxylic acids is 1. The summed E-state index contributed by atoms with van der Waals surface area (Å²) < 4.78 is 10.7. The van der Waals surface area contributed by atoms with Crippen LogP contribution >= 0.6 is 0 Å². The van der Waals surface area contributed by atoms with Crippen molar-refractivity contribution in [1.82, 2.24) is 5.32 Å². The van der Waals surface area contributed by atoms with Crippen LogP contribution in [0.4, 0.5) is 4.79 Å². The van der Waals surface area contributed by atoms with E-state index in [4.69, 9.17) is 9.47 Å². The number of carbonyl (C=O) groups excluding carboxylic acids is 1. The lowest BCUT2D eigenvalue weighted by atomic mass is 9.98. The van der Waals surface area contributed by atoms with Crippen molar-refractivity contribution in [3.63, 3.8) is 0 Å². The van der Waals surface area contributed by atoms with Crippen LogP contribution in [0.1, 0.15) is 22.6 Å². The molecule has 31 heavy (non-hydrogen) atoms. The largest absolute Gasteiger partial charge is 0.496 e. The molecule has 6 nitrogen and oxygen atoms in total. The molecule has 0 heterocycles. The van der Waals surface area contributed by atoms with Gasteiger partial charge >= 0.3 is 12.1 Å². The molecule has 0 fully saturated rings. The van der Waals surface area contributed by atoms with E-state index in [9.17, 15) is 14.7 Å². The van der Waals surface area contributed by atoms with Crippen LogP contribution in [0.25, 0.3) is 11.1 Å². The summed E-state index contributed by atoms with van der Waals surface area (Å²) in [5.41, 5.74) is 5.15. The highest BCUT2D eigenvalue weighted by molar-refractivity contribution is 5.81. The number of ether oxygens (including phenoxy) is 2. The van der Waals surface area contributed by atoms with Crippen molar-refractivity contribution < 1.29 is 24.2 Å². The summed E-state index contributed by atoms with van der Waals surface area (Å²) in [6.07, 6.45) is -0.673. The third kappa shape index (κ3) is 4.23. The molecule has 4 rings (SSSR count). The zero-order chi connectivity index (χ0) is 21.8. The molecule has 0 aromatic heterocycles. The number of hydrogen-bond donors (Lipinski definition) is 2. The summed E-state index contributed by atoms with van der Waals surface area (Å²) in [6.45, 7) is 0.126. The van der Waals surface area contributed by atoms with Crippen molar-refractivity contribution in [3.8, 4) is 16.9 Å². The second-order valence-corrected chi connectivity index (χ2v) is 7.38. The highest BCUT2D eigenvalue weighted by atomic mass is 16.5. The third-order valence-corrected chi connectivity index (χ3v) is 5.55. The Morgan fingerprint density at radius 1 is 0.935 bits per heavy atom. The van der Waals surface area contributed by atoms with E-state index in [-0.39, 0.29) is 18.9 Å². The predicted molar refractivity (Wildman–Crippen MR) is 116 cm³/mol. The van der Waals surface area contributed by atoms with Crippen molar-refractivity contribution >= 4 is 12.1 Å². The summed E-state index contributed by atoms with van der Waals surface area (Å²) in [7, 11) is 1.52. The minimum absolute atomic E-state index is 0.0868. The molecule has 1 amide bonds. The van der Waals surface area contributed by atoms with Gasteiger partial charge in [0.2, 0.25) is 0 Å². The smallest absolute Gasteiger partial charge is 0.407 e. The number of alkyl carbamates (subject to hydrolysis) is 1. The maximum absolute atomic E-state index is 12.5. The van der Waals surface area contributed by atoms with Gasteiger partial charge in [-0.2, -0.15) is 0 Å². The van der Waals surface area contributed by atoms with Gasteiger partial charge in [-0.3, -0.25) is 0 Å². The van der Waals surface area contributed by atoms with Crippen LogP contribution in [0.5, 0.6) is 5.75 Å². The predicted octanol–water partition coefficient (Wildman–Crippen LogP) is 4.23. The van der Waals surface area contributed by atoms with Gasteiger partial charge in [-0.05, 0) is 33.9 Å². The molecular formula is C25H23NO5. The van der Waals surface area contributed by atoms with E-state index in [1.165, 1.54) is 7.11 Å². The second kappa shape index (κ2) is 8.92. The zero-order valence-electron chi connectivity index (χ0n) is 17.1. The van der Waals surface area contributed by atoms with E-state index >= 15 is 0 Å². The zero-order valence-corrected chi connectivity index (χ0v) is 17.1.